The zero-order valence-electron chi connectivity index (χ0n) is 14.0. The van der Waals surface area contributed by atoms with Crippen molar-refractivity contribution >= 4 is 11.8 Å². The van der Waals surface area contributed by atoms with Gasteiger partial charge in [0.25, 0.3) is 0 Å². The predicted octanol–water partition coefficient (Wildman–Crippen LogP) is 3.26. The number of benzene rings is 2. The summed E-state index contributed by atoms with van der Waals surface area (Å²) in [7, 11) is 0. The van der Waals surface area contributed by atoms with Gasteiger partial charge in [-0.25, -0.2) is 0 Å². The van der Waals surface area contributed by atoms with Gasteiger partial charge in [0.15, 0.2) is 5.78 Å². The van der Waals surface area contributed by atoms with Crippen LogP contribution in [0.15, 0.2) is 48.5 Å². The van der Waals surface area contributed by atoms with Crippen molar-refractivity contribution in [3.05, 3.63) is 70.8 Å². The van der Waals surface area contributed by atoms with Gasteiger partial charge < -0.3 is 10.5 Å². The quantitative estimate of drug-likeness (QED) is 0.459. The van der Waals surface area contributed by atoms with Crippen LogP contribution >= 0.6 is 0 Å². The first kappa shape index (κ1) is 17.9. The lowest BCUT2D eigenvalue weighted by Crippen LogP contribution is -2.05. The molecule has 0 saturated heterocycles. The first-order valence-electron chi connectivity index (χ1n) is 8.22. The summed E-state index contributed by atoms with van der Waals surface area (Å²) in [5.41, 5.74) is 9.02. The number of ether oxygens (including phenoxy) is 1. The summed E-state index contributed by atoms with van der Waals surface area (Å²) in [4.78, 5) is 23.5. The lowest BCUT2D eigenvalue weighted by molar-refractivity contribution is -0.143. The summed E-state index contributed by atoms with van der Waals surface area (Å²) >= 11 is 0. The molecule has 0 amide bonds. The largest absolute Gasteiger partial charge is 0.466 e. The molecule has 0 atom stereocenters. The van der Waals surface area contributed by atoms with Crippen LogP contribution in [0.25, 0.3) is 0 Å². The maximum Gasteiger partial charge on any atom is 0.305 e. The van der Waals surface area contributed by atoms with E-state index in [-0.39, 0.29) is 11.8 Å². The maximum atomic E-state index is 12.4. The molecule has 0 fully saturated rings. The molecule has 2 N–H and O–H groups in total. The predicted molar refractivity (Wildman–Crippen MR) is 93.8 cm³/mol. The molecule has 0 spiro atoms. The van der Waals surface area contributed by atoms with Gasteiger partial charge in [-0.2, -0.15) is 0 Å². The number of ketones is 1. The fourth-order valence-corrected chi connectivity index (χ4v) is 2.35. The third-order valence-corrected chi connectivity index (χ3v) is 3.83. The SMILES string of the molecule is CCC(=O)OCCCc1ccc(C(=O)c2ccc(CN)cc2)cc1. The van der Waals surface area contributed by atoms with E-state index in [2.05, 4.69) is 0 Å². The minimum Gasteiger partial charge on any atom is -0.466 e. The Bertz CT molecular complexity index is 675. The van der Waals surface area contributed by atoms with Crippen LogP contribution < -0.4 is 5.73 Å². The summed E-state index contributed by atoms with van der Waals surface area (Å²) in [5.74, 6) is -0.168. The van der Waals surface area contributed by atoms with E-state index >= 15 is 0 Å². The second-order valence-corrected chi connectivity index (χ2v) is 5.60. The van der Waals surface area contributed by atoms with Gasteiger partial charge in [-0.1, -0.05) is 55.5 Å². The van der Waals surface area contributed by atoms with Crippen LogP contribution in [-0.4, -0.2) is 18.4 Å². The van der Waals surface area contributed by atoms with Crippen molar-refractivity contribution in [3.63, 3.8) is 0 Å². The van der Waals surface area contributed by atoms with Crippen molar-refractivity contribution < 1.29 is 14.3 Å². The standard InChI is InChI=1S/C20H23NO3/c1-2-19(22)24-13-3-4-15-5-9-17(10-6-15)20(23)18-11-7-16(14-21)8-12-18/h5-12H,2-4,13-14,21H2,1H3. The van der Waals surface area contributed by atoms with E-state index in [0.717, 1.165) is 24.0 Å². The van der Waals surface area contributed by atoms with Crippen molar-refractivity contribution in [2.75, 3.05) is 6.61 Å². The molecule has 0 saturated carbocycles. The van der Waals surface area contributed by atoms with Gasteiger partial charge in [-0.05, 0) is 24.0 Å². The molecule has 0 heterocycles. The van der Waals surface area contributed by atoms with Gasteiger partial charge in [-0.15, -0.1) is 0 Å². The van der Waals surface area contributed by atoms with Gasteiger partial charge >= 0.3 is 5.97 Å². The first-order valence-corrected chi connectivity index (χ1v) is 8.22. The van der Waals surface area contributed by atoms with Crippen molar-refractivity contribution in [2.24, 2.45) is 5.73 Å². The zero-order valence-corrected chi connectivity index (χ0v) is 14.0. The summed E-state index contributed by atoms with van der Waals surface area (Å²) in [6, 6.07) is 14.9. The van der Waals surface area contributed by atoms with Crippen molar-refractivity contribution in [1.82, 2.24) is 0 Å². The second-order valence-electron chi connectivity index (χ2n) is 5.60. The first-order chi connectivity index (χ1) is 11.6. The van der Waals surface area contributed by atoms with Crippen LogP contribution in [0.4, 0.5) is 0 Å². The fraction of sp³-hybridized carbons (Fsp3) is 0.300. The Morgan fingerprint density at radius 3 is 1.96 bits per heavy atom. The number of aryl methyl sites for hydroxylation is 1. The molecule has 0 aliphatic rings. The van der Waals surface area contributed by atoms with E-state index in [1.165, 1.54) is 0 Å². The summed E-state index contributed by atoms with van der Waals surface area (Å²) < 4.78 is 5.05. The van der Waals surface area contributed by atoms with Crippen LogP contribution in [0, 0.1) is 0 Å². The molecule has 0 bridgehead atoms. The Labute approximate surface area is 142 Å². The number of esters is 1. The second kappa shape index (κ2) is 8.99. The molecule has 2 aromatic rings. The minimum atomic E-state index is -0.170. The van der Waals surface area contributed by atoms with E-state index in [1.54, 1.807) is 19.1 Å². The molecule has 2 rings (SSSR count). The highest BCUT2D eigenvalue weighted by Crippen LogP contribution is 2.13. The molecule has 4 nitrogen and oxygen atoms in total. The van der Waals surface area contributed by atoms with Crippen LogP contribution in [0.1, 0.15) is 46.8 Å². The Balaban J connectivity index is 1.90. The molecule has 4 heteroatoms. The lowest BCUT2D eigenvalue weighted by atomic mass is 10.00. The molecule has 126 valence electrons. The maximum absolute atomic E-state index is 12.4. The number of hydrogen-bond donors (Lipinski definition) is 1. The summed E-state index contributed by atoms with van der Waals surface area (Å²) in [6.07, 6.45) is 2.00. The van der Waals surface area contributed by atoms with Crippen molar-refractivity contribution in [2.45, 2.75) is 32.7 Å². The molecular weight excluding hydrogens is 302 g/mol. The molecule has 24 heavy (non-hydrogen) atoms. The molecule has 2 aromatic carbocycles. The Morgan fingerprint density at radius 2 is 1.46 bits per heavy atom. The minimum absolute atomic E-state index is 0.00185. The average molecular weight is 325 g/mol. The zero-order chi connectivity index (χ0) is 17.4. The molecule has 0 aromatic heterocycles. The van der Waals surface area contributed by atoms with Crippen molar-refractivity contribution in [3.8, 4) is 0 Å². The molecule has 0 radical (unpaired) electrons. The Kier molecular flexibility index (Phi) is 6.70. The number of rotatable bonds is 8. The molecule has 0 aliphatic heterocycles. The van der Waals surface area contributed by atoms with E-state index in [0.29, 0.717) is 30.7 Å². The van der Waals surface area contributed by atoms with Crippen LogP contribution in [0.2, 0.25) is 0 Å². The van der Waals surface area contributed by atoms with Gasteiger partial charge in [-0.3, -0.25) is 9.59 Å². The highest BCUT2D eigenvalue weighted by Gasteiger charge is 2.09. The van der Waals surface area contributed by atoms with E-state index < -0.39 is 0 Å². The van der Waals surface area contributed by atoms with Gasteiger partial charge in [0.1, 0.15) is 0 Å². The van der Waals surface area contributed by atoms with E-state index in [9.17, 15) is 9.59 Å². The highest BCUT2D eigenvalue weighted by atomic mass is 16.5. The normalized spacial score (nSPS) is 10.4. The van der Waals surface area contributed by atoms with Crippen LogP contribution in [0.5, 0.6) is 0 Å². The van der Waals surface area contributed by atoms with Gasteiger partial charge in [0, 0.05) is 24.1 Å². The average Bonchev–Trinajstić information content (AvgIpc) is 2.65. The molecule has 0 unspecified atom stereocenters. The number of nitrogens with two attached hydrogens (primary N) is 1. The number of hydrogen-bond acceptors (Lipinski definition) is 4. The summed E-state index contributed by atoms with van der Waals surface area (Å²) in [5, 5.41) is 0. The summed E-state index contributed by atoms with van der Waals surface area (Å²) in [6.45, 7) is 2.68. The Hall–Kier alpha value is -2.46. The third kappa shape index (κ3) is 5.03. The number of carbonyl (C=O) groups excluding carboxylic acids is 2. The molecule has 0 aliphatic carbocycles. The highest BCUT2D eigenvalue weighted by molar-refractivity contribution is 6.08. The number of carbonyl (C=O) groups is 2. The Morgan fingerprint density at radius 1 is 0.917 bits per heavy atom. The van der Waals surface area contributed by atoms with Gasteiger partial charge in [0.05, 0.1) is 6.61 Å². The van der Waals surface area contributed by atoms with Crippen molar-refractivity contribution in [1.29, 1.82) is 0 Å². The van der Waals surface area contributed by atoms with Crippen LogP contribution in [-0.2, 0) is 22.5 Å². The fourth-order valence-electron chi connectivity index (χ4n) is 2.35. The van der Waals surface area contributed by atoms with Gasteiger partial charge in [0.2, 0.25) is 0 Å². The molecular formula is C20H23NO3. The smallest absolute Gasteiger partial charge is 0.305 e. The third-order valence-electron chi connectivity index (χ3n) is 3.83. The lowest BCUT2D eigenvalue weighted by Gasteiger charge is -2.06. The van der Waals surface area contributed by atoms with E-state index in [1.807, 2.05) is 36.4 Å². The van der Waals surface area contributed by atoms with E-state index in [4.69, 9.17) is 10.5 Å². The topological polar surface area (TPSA) is 69.4 Å². The monoisotopic (exact) mass is 325 g/mol. The van der Waals surface area contributed by atoms with Crippen LogP contribution in [0.3, 0.4) is 0 Å².